The maximum Gasteiger partial charge on any atom is 0.226 e. The Bertz CT molecular complexity index is 425. The van der Waals surface area contributed by atoms with Gasteiger partial charge in [0.05, 0.1) is 0 Å². The zero-order chi connectivity index (χ0) is 13.7. The van der Waals surface area contributed by atoms with Crippen molar-refractivity contribution in [3.63, 3.8) is 0 Å². The minimum Gasteiger partial charge on any atom is -0.381 e. The molecule has 1 aliphatic rings. The van der Waals surface area contributed by atoms with Gasteiger partial charge in [-0.3, -0.25) is 4.79 Å². The van der Waals surface area contributed by atoms with Crippen LogP contribution in [0.1, 0.15) is 26.7 Å². The van der Waals surface area contributed by atoms with E-state index in [-0.39, 0.29) is 11.8 Å². The first-order valence-corrected chi connectivity index (χ1v) is 7.03. The Morgan fingerprint density at radius 2 is 2.16 bits per heavy atom. The number of hydrogen-bond acceptors (Lipinski definition) is 3. The first kappa shape index (κ1) is 13.9. The van der Waals surface area contributed by atoms with Crippen LogP contribution in [0.5, 0.6) is 0 Å². The first-order chi connectivity index (χ1) is 9.15. The number of amides is 1. The van der Waals surface area contributed by atoms with E-state index in [2.05, 4.69) is 16.0 Å². The molecule has 1 heterocycles. The lowest BCUT2D eigenvalue weighted by atomic mass is 10.1. The van der Waals surface area contributed by atoms with Crippen LogP contribution in [-0.2, 0) is 4.79 Å². The number of carbonyl (C=O) groups excluding carboxylic acids is 1. The van der Waals surface area contributed by atoms with E-state index in [1.807, 2.05) is 38.1 Å². The van der Waals surface area contributed by atoms with Gasteiger partial charge in [0.2, 0.25) is 5.91 Å². The molecule has 0 radical (unpaired) electrons. The van der Waals surface area contributed by atoms with E-state index in [0.717, 1.165) is 24.5 Å². The van der Waals surface area contributed by atoms with E-state index in [9.17, 15) is 4.79 Å². The van der Waals surface area contributed by atoms with Crippen LogP contribution in [0.4, 0.5) is 11.4 Å². The monoisotopic (exact) mass is 261 g/mol. The number of nitrogens with one attached hydrogen (secondary N) is 3. The summed E-state index contributed by atoms with van der Waals surface area (Å²) in [6.45, 7) is 5.90. The second kappa shape index (κ2) is 6.57. The normalized spacial score (nSPS) is 19.2. The maximum absolute atomic E-state index is 11.7. The second-order valence-electron chi connectivity index (χ2n) is 5.41. The topological polar surface area (TPSA) is 53.2 Å². The fourth-order valence-corrected chi connectivity index (χ4v) is 2.18. The number of rotatable bonds is 4. The molecule has 1 unspecified atom stereocenters. The Balaban J connectivity index is 1.96. The predicted octanol–water partition coefficient (Wildman–Crippen LogP) is 2.45. The van der Waals surface area contributed by atoms with Crippen molar-refractivity contribution in [3.8, 4) is 0 Å². The number of benzene rings is 1. The average Bonchev–Trinajstić information content (AvgIpc) is 2.40. The summed E-state index contributed by atoms with van der Waals surface area (Å²) < 4.78 is 0. The molecule has 1 aromatic carbocycles. The van der Waals surface area contributed by atoms with Gasteiger partial charge in [-0.2, -0.15) is 0 Å². The number of piperidine rings is 1. The van der Waals surface area contributed by atoms with Crippen molar-refractivity contribution in [1.82, 2.24) is 5.32 Å². The molecular weight excluding hydrogens is 238 g/mol. The van der Waals surface area contributed by atoms with Gasteiger partial charge >= 0.3 is 0 Å². The summed E-state index contributed by atoms with van der Waals surface area (Å²) in [7, 11) is 0. The summed E-state index contributed by atoms with van der Waals surface area (Å²) in [5, 5.41) is 9.82. The molecule has 19 heavy (non-hydrogen) atoms. The van der Waals surface area contributed by atoms with Crippen molar-refractivity contribution in [2.24, 2.45) is 5.92 Å². The Morgan fingerprint density at radius 3 is 2.84 bits per heavy atom. The van der Waals surface area contributed by atoms with Crippen LogP contribution in [0.2, 0.25) is 0 Å². The SMILES string of the molecule is CC(C)C(=O)Nc1cccc(NC2CCCNC2)c1. The molecule has 1 fully saturated rings. The summed E-state index contributed by atoms with van der Waals surface area (Å²) in [5.74, 6) is 0.0515. The van der Waals surface area contributed by atoms with Crippen LogP contribution in [0.3, 0.4) is 0 Å². The van der Waals surface area contributed by atoms with Crippen molar-refractivity contribution >= 4 is 17.3 Å². The highest BCUT2D eigenvalue weighted by Gasteiger charge is 2.13. The Morgan fingerprint density at radius 1 is 1.37 bits per heavy atom. The molecule has 3 N–H and O–H groups in total. The van der Waals surface area contributed by atoms with Gasteiger partial charge < -0.3 is 16.0 Å². The van der Waals surface area contributed by atoms with Crippen molar-refractivity contribution in [1.29, 1.82) is 0 Å². The molecule has 0 aliphatic carbocycles. The summed E-state index contributed by atoms with van der Waals surface area (Å²) in [4.78, 5) is 11.7. The van der Waals surface area contributed by atoms with E-state index < -0.39 is 0 Å². The molecule has 1 atom stereocenters. The van der Waals surface area contributed by atoms with Crippen molar-refractivity contribution < 1.29 is 4.79 Å². The molecule has 0 bridgehead atoms. The van der Waals surface area contributed by atoms with Gasteiger partial charge in [-0.15, -0.1) is 0 Å². The van der Waals surface area contributed by atoms with Gasteiger partial charge in [0, 0.05) is 29.9 Å². The lowest BCUT2D eigenvalue weighted by Gasteiger charge is -2.25. The Kier molecular flexibility index (Phi) is 4.80. The molecule has 0 spiro atoms. The lowest BCUT2D eigenvalue weighted by Crippen LogP contribution is -2.38. The average molecular weight is 261 g/mol. The van der Waals surface area contributed by atoms with Gasteiger partial charge in [0.1, 0.15) is 0 Å². The molecule has 1 aliphatic heterocycles. The summed E-state index contributed by atoms with van der Waals surface area (Å²) in [6.07, 6.45) is 2.40. The maximum atomic E-state index is 11.7. The molecule has 1 aromatic rings. The highest BCUT2D eigenvalue weighted by molar-refractivity contribution is 5.92. The number of hydrogen-bond donors (Lipinski definition) is 3. The van der Waals surface area contributed by atoms with Crippen LogP contribution in [0.15, 0.2) is 24.3 Å². The van der Waals surface area contributed by atoms with Crippen molar-refractivity contribution in [3.05, 3.63) is 24.3 Å². The van der Waals surface area contributed by atoms with Gasteiger partial charge in [0.15, 0.2) is 0 Å². The standard InChI is InChI=1S/C15H23N3O/c1-11(2)15(19)18-13-6-3-5-12(9-13)17-14-7-4-8-16-10-14/h3,5-6,9,11,14,16-17H,4,7-8,10H2,1-2H3,(H,18,19). The van der Waals surface area contributed by atoms with Crippen molar-refractivity contribution in [2.45, 2.75) is 32.7 Å². The van der Waals surface area contributed by atoms with Gasteiger partial charge in [0.25, 0.3) is 0 Å². The number of anilines is 2. The van der Waals surface area contributed by atoms with Crippen LogP contribution in [0, 0.1) is 5.92 Å². The molecule has 0 aromatic heterocycles. The molecule has 4 heteroatoms. The second-order valence-corrected chi connectivity index (χ2v) is 5.41. The van der Waals surface area contributed by atoms with E-state index in [4.69, 9.17) is 0 Å². The molecule has 0 saturated carbocycles. The van der Waals surface area contributed by atoms with Crippen LogP contribution in [-0.4, -0.2) is 25.0 Å². The third-order valence-corrected chi connectivity index (χ3v) is 3.32. The Hall–Kier alpha value is -1.55. The van der Waals surface area contributed by atoms with E-state index in [1.54, 1.807) is 0 Å². The molecule has 2 rings (SSSR count). The smallest absolute Gasteiger partial charge is 0.226 e. The first-order valence-electron chi connectivity index (χ1n) is 7.03. The third kappa shape index (κ3) is 4.24. The van der Waals surface area contributed by atoms with Crippen LogP contribution >= 0.6 is 0 Å². The molecular formula is C15H23N3O. The molecule has 1 amide bonds. The zero-order valence-electron chi connectivity index (χ0n) is 11.7. The summed E-state index contributed by atoms with van der Waals surface area (Å²) >= 11 is 0. The fourth-order valence-electron chi connectivity index (χ4n) is 2.18. The summed E-state index contributed by atoms with van der Waals surface area (Å²) in [5.41, 5.74) is 1.92. The van der Waals surface area contributed by atoms with E-state index in [0.29, 0.717) is 6.04 Å². The quantitative estimate of drug-likeness (QED) is 0.780. The minimum atomic E-state index is -0.000778. The predicted molar refractivity (Wildman–Crippen MR) is 79.4 cm³/mol. The third-order valence-electron chi connectivity index (χ3n) is 3.32. The Labute approximate surface area is 115 Å². The largest absolute Gasteiger partial charge is 0.381 e. The van der Waals surface area contributed by atoms with Crippen molar-refractivity contribution in [2.75, 3.05) is 23.7 Å². The lowest BCUT2D eigenvalue weighted by molar-refractivity contribution is -0.118. The molecule has 104 valence electrons. The zero-order valence-corrected chi connectivity index (χ0v) is 11.7. The highest BCUT2D eigenvalue weighted by atomic mass is 16.1. The summed E-state index contributed by atoms with van der Waals surface area (Å²) in [6, 6.07) is 8.40. The van der Waals surface area contributed by atoms with Crippen LogP contribution in [0.25, 0.3) is 0 Å². The van der Waals surface area contributed by atoms with Gasteiger partial charge in [-0.25, -0.2) is 0 Å². The molecule has 1 saturated heterocycles. The number of carbonyl (C=O) groups is 1. The van der Waals surface area contributed by atoms with E-state index in [1.165, 1.54) is 12.8 Å². The minimum absolute atomic E-state index is 0.000778. The van der Waals surface area contributed by atoms with Gasteiger partial charge in [-0.05, 0) is 37.6 Å². The molecule has 4 nitrogen and oxygen atoms in total. The highest BCUT2D eigenvalue weighted by Crippen LogP contribution is 2.18. The van der Waals surface area contributed by atoms with E-state index >= 15 is 0 Å². The van der Waals surface area contributed by atoms with Gasteiger partial charge in [-0.1, -0.05) is 19.9 Å². The van der Waals surface area contributed by atoms with Crippen LogP contribution < -0.4 is 16.0 Å². The fraction of sp³-hybridized carbons (Fsp3) is 0.533.